The van der Waals surface area contributed by atoms with Crippen LogP contribution in [0, 0.1) is 0 Å². The number of carbonyl (C=O) groups excluding carboxylic acids is 2. The van der Waals surface area contributed by atoms with Crippen molar-refractivity contribution in [1.29, 1.82) is 0 Å². The monoisotopic (exact) mass is 258 g/mol. The summed E-state index contributed by atoms with van der Waals surface area (Å²) < 4.78 is 5.10. The van der Waals surface area contributed by atoms with Gasteiger partial charge in [-0.2, -0.15) is 0 Å². The van der Waals surface area contributed by atoms with E-state index >= 15 is 0 Å². The number of unbranched alkanes of at least 4 members (excludes halogenated alkanes) is 2. The molecule has 0 aliphatic heterocycles. The number of nitrogens with one attached hydrogen (secondary N) is 2. The molecule has 5 heteroatoms. The van der Waals surface area contributed by atoms with Gasteiger partial charge in [0.05, 0.1) is 0 Å². The average molecular weight is 258 g/mol. The maximum absolute atomic E-state index is 11.3. The lowest BCUT2D eigenvalue weighted by Gasteiger charge is -2.19. The number of hydrogen-bond acceptors (Lipinski definition) is 3. The molecule has 0 unspecified atom stereocenters. The lowest BCUT2D eigenvalue weighted by Crippen LogP contribution is -2.33. The highest BCUT2D eigenvalue weighted by Crippen LogP contribution is 2.06. The van der Waals surface area contributed by atoms with E-state index in [1.807, 2.05) is 27.7 Å². The Bertz CT molecular complexity index is 259. The van der Waals surface area contributed by atoms with Crippen molar-refractivity contribution in [2.75, 3.05) is 13.1 Å². The molecule has 0 aromatic carbocycles. The summed E-state index contributed by atoms with van der Waals surface area (Å²) in [5.41, 5.74) is -0.456. The van der Waals surface area contributed by atoms with Crippen molar-refractivity contribution in [3.63, 3.8) is 0 Å². The van der Waals surface area contributed by atoms with Gasteiger partial charge in [0.15, 0.2) is 0 Å². The van der Waals surface area contributed by atoms with E-state index in [9.17, 15) is 9.59 Å². The Morgan fingerprint density at radius 1 is 1.06 bits per heavy atom. The Labute approximate surface area is 110 Å². The van der Waals surface area contributed by atoms with E-state index in [1.54, 1.807) is 0 Å². The lowest BCUT2D eigenvalue weighted by molar-refractivity contribution is -0.121. The van der Waals surface area contributed by atoms with E-state index in [0.29, 0.717) is 19.5 Å². The van der Waals surface area contributed by atoms with E-state index in [4.69, 9.17) is 4.74 Å². The third-order valence-electron chi connectivity index (χ3n) is 2.12. The SMILES string of the molecule is CCNC(=O)CCCCCNC(=O)OC(C)(C)C. The summed E-state index contributed by atoms with van der Waals surface area (Å²) in [7, 11) is 0. The normalized spacial score (nSPS) is 10.9. The average Bonchev–Trinajstić information content (AvgIpc) is 2.21. The second-order valence-corrected chi connectivity index (χ2v) is 5.19. The second kappa shape index (κ2) is 8.78. The summed E-state index contributed by atoms with van der Waals surface area (Å²) in [6.07, 6.45) is 2.81. The fourth-order valence-corrected chi connectivity index (χ4v) is 1.38. The van der Waals surface area contributed by atoms with E-state index in [1.165, 1.54) is 0 Å². The minimum Gasteiger partial charge on any atom is -0.444 e. The predicted molar refractivity (Wildman–Crippen MR) is 71.4 cm³/mol. The standard InChI is InChI=1S/C13H26N2O3/c1-5-14-11(16)9-7-6-8-10-15-12(17)18-13(2,3)4/h5-10H2,1-4H3,(H,14,16)(H,15,17). The first-order valence-electron chi connectivity index (χ1n) is 6.58. The summed E-state index contributed by atoms with van der Waals surface area (Å²) in [4.78, 5) is 22.4. The van der Waals surface area contributed by atoms with Crippen molar-refractivity contribution in [3.8, 4) is 0 Å². The molecule has 0 bridgehead atoms. The smallest absolute Gasteiger partial charge is 0.407 e. The molecule has 0 saturated heterocycles. The Balaban J connectivity index is 3.41. The molecule has 0 saturated carbocycles. The molecule has 106 valence electrons. The van der Waals surface area contributed by atoms with Gasteiger partial charge >= 0.3 is 6.09 Å². The second-order valence-electron chi connectivity index (χ2n) is 5.19. The van der Waals surface area contributed by atoms with Gasteiger partial charge in [0, 0.05) is 19.5 Å². The van der Waals surface area contributed by atoms with Gasteiger partial charge in [0.1, 0.15) is 5.60 Å². The van der Waals surface area contributed by atoms with Crippen LogP contribution in [0.4, 0.5) is 4.79 Å². The molecular formula is C13H26N2O3. The Morgan fingerprint density at radius 2 is 1.72 bits per heavy atom. The topological polar surface area (TPSA) is 67.4 Å². The molecule has 18 heavy (non-hydrogen) atoms. The zero-order chi connectivity index (χ0) is 14.0. The van der Waals surface area contributed by atoms with Crippen LogP contribution in [0.3, 0.4) is 0 Å². The number of carbonyl (C=O) groups is 2. The van der Waals surface area contributed by atoms with E-state index in [-0.39, 0.29) is 12.0 Å². The highest BCUT2D eigenvalue weighted by atomic mass is 16.6. The lowest BCUT2D eigenvalue weighted by atomic mass is 10.2. The van der Waals surface area contributed by atoms with Crippen molar-refractivity contribution in [2.45, 2.75) is 59.0 Å². The first-order chi connectivity index (χ1) is 8.35. The van der Waals surface area contributed by atoms with Crippen LogP contribution < -0.4 is 10.6 Å². The highest BCUT2D eigenvalue weighted by molar-refractivity contribution is 5.75. The molecule has 5 nitrogen and oxygen atoms in total. The van der Waals surface area contributed by atoms with Crippen molar-refractivity contribution in [1.82, 2.24) is 10.6 Å². The molecule has 0 atom stereocenters. The summed E-state index contributed by atoms with van der Waals surface area (Å²) >= 11 is 0. The van der Waals surface area contributed by atoms with Crippen molar-refractivity contribution < 1.29 is 14.3 Å². The summed E-state index contributed by atoms with van der Waals surface area (Å²) in [6, 6.07) is 0. The van der Waals surface area contributed by atoms with Gasteiger partial charge in [0.25, 0.3) is 0 Å². The molecule has 0 radical (unpaired) electrons. The number of amides is 2. The molecule has 0 fully saturated rings. The maximum atomic E-state index is 11.3. The molecule has 0 aliphatic carbocycles. The largest absolute Gasteiger partial charge is 0.444 e. The first-order valence-corrected chi connectivity index (χ1v) is 6.58. The molecule has 0 aromatic heterocycles. The van der Waals surface area contributed by atoms with Gasteiger partial charge in [0.2, 0.25) is 5.91 Å². The molecule has 0 heterocycles. The van der Waals surface area contributed by atoms with Gasteiger partial charge in [-0.05, 0) is 40.5 Å². The van der Waals surface area contributed by atoms with Gasteiger partial charge < -0.3 is 15.4 Å². The van der Waals surface area contributed by atoms with Crippen LogP contribution in [0.5, 0.6) is 0 Å². The van der Waals surface area contributed by atoms with E-state index in [2.05, 4.69) is 10.6 Å². The molecule has 2 N–H and O–H groups in total. The van der Waals surface area contributed by atoms with Crippen molar-refractivity contribution in [3.05, 3.63) is 0 Å². The highest BCUT2D eigenvalue weighted by Gasteiger charge is 2.15. The quantitative estimate of drug-likeness (QED) is 0.688. The number of rotatable bonds is 7. The van der Waals surface area contributed by atoms with E-state index < -0.39 is 5.60 Å². The number of alkyl carbamates (subject to hydrolysis) is 1. The van der Waals surface area contributed by atoms with Crippen LogP contribution in [0.15, 0.2) is 0 Å². The fourth-order valence-electron chi connectivity index (χ4n) is 1.38. The van der Waals surface area contributed by atoms with Crippen molar-refractivity contribution >= 4 is 12.0 Å². The third-order valence-corrected chi connectivity index (χ3v) is 2.12. The summed E-state index contributed by atoms with van der Waals surface area (Å²) in [5.74, 6) is 0.0950. The van der Waals surface area contributed by atoms with E-state index in [0.717, 1.165) is 19.3 Å². The zero-order valence-electron chi connectivity index (χ0n) is 12.0. The van der Waals surface area contributed by atoms with Gasteiger partial charge in [-0.25, -0.2) is 4.79 Å². The first kappa shape index (κ1) is 16.7. The van der Waals surface area contributed by atoms with Gasteiger partial charge in [-0.1, -0.05) is 6.42 Å². The molecule has 0 rings (SSSR count). The van der Waals surface area contributed by atoms with Crippen LogP contribution >= 0.6 is 0 Å². The Morgan fingerprint density at radius 3 is 2.28 bits per heavy atom. The molecule has 2 amide bonds. The number of hydrogen-bond donors (Lipinski definition) is 2. The molecular weight excluding hydrogens is 232 g/mol. The Hall–Kier alpha value is -1.26. The third kappa shape index (κ3) is 11.2. The van der Waals surface area contributed by atoms with Crippen LogP contribution in [-0.2, 0) is 9.53 Å². The summed E-state index contributed by atoms with van der Waals surface area (Å²) in [5, 5.41) is 5.44. The van der Waals surface area contributed by atoms with Crippen LogP contribution in [0.25, 0.3) is 0 Å². The predicted octanol–water partition coefficient (Wildman–Crippen LogP) is 2.21. The summed E-state index contributed by atoms with van der Waals surface area (Å²) in [6.45, 7) is 8.67. The maximum Gasteiger partial charge on any atom is 0.407 e. The van der Waals surface area contributed by atoms with Crippen LogP contribution in [0.1, 0.15) is 53.4 Å². The van der Waals surface area contributed by atoms with Gasteiger partial charge in [-0.15, -0.1) is 0 Å². The molecule has 0 spiro atoms. The fraction of sp³-hybridized carbons (Fsp3) is 0.846. The van der Waals surface area contributed by atoms with Crippen LogP contribution in [-0.4, -0.2) is 30.7 Å². The zero-order valence-corrected chi connectivity index (χ0v) is 12.0. The minimum atomic E-state index is -0.456. The Kier molecular flexibility index (Phi) is 8.16. The van der Waals surface area contributed by atoms with Crippen molar-refractivity contribution in [2.24, 2.45) is 0 Å². The van der Waals surface area contributed by atoms with Gasteiger partial charge in [-0.3, -0.25) is 4.79 Å². The molecule has 0 aliphatic rings. The molecule has 0 aromatic rings. The minimum absolute atomic E-state index is 0.0950. The number of ether oxygens (including phenoxy) is 1. The van der Waals surface area contributed by atoms with Crippen LogP contribution in [0.2, 0.25) is 0 Å².